The highest BCUT2D eigenvalue weighted by molar-refractivity contribution is 5.56. The fraction of sp³-hybridized carbons (Fsp3) is 0.520. The van der Waals surface area contributed by atoms with Gasteiger partial charge in [0.25, 0.3) is 0 Å². The van der Waals surface area contributed by atoms with E-state index in [4.69, 9.17) is 4.74 Å². The van der Waals surface area contributed by atoms with Gasteiger partial charge in [0.05, 0.1) is 12.3 Å². The Morgan fingerprint density at radius 3 is 2.04 bits per heavy atom. The van der Waals surface area contributed by atoms with E-state index in [0.717, 1.165) is 36.6 Å². The third kappa shape index (κ3) is 8.24. The van der Waals surface area contributed by atoms with Crippen LogP contribution in [0, 0.1) is 0 Å². The van der Waals surface area contributed by atoms with Crippen molar-refractivity contribution in [3.05, 3.63) is 54.1 Å². The highest BCUT2D eigenvalue weighted by atomic mass is 16.5. The van der Waals surface area contributed by atoms with Crippen molar-refractivity contribution in [3.63, 3.8) is 0 Å². The molecule has 0 saturated carbocycles. The average molecular weight is 381 g/mol. The first-order valence-electron chi connectivity index (χ1n) is 11.1. The van der Waals surface area contributed by atoms with E-state index in [-0.39, 0.29) is 0 Å². The van der Waals surface area contributed by atoms with Crippen molar-refractivity contribution in [2.75, 3.05) is 6.61 Å². The van der Waals surface area contributed by atoms with Crippen molar-refractivity contribution in [2.24, 2.45) is 10.2 Å². The lowest BCUT2D eigenvalue weighted by Gasteiger charge is -2.12. The molecule has 0 heterocycles. The molecular formula is C25H36N2O. The minimum Gasteiger partial charge on any atom is -0.491 e. The third-order valence-corrected chi connectivity index (χ3v) is 4.98. The Morgan fingerprint density at radius 1 is 0.679 bits per heavy atom. The van der Waals surface area contributed by atoms with Gasteiger partial charge in [-0.2, -0.15) is 5.11 Å². The quantitative estimate of drug-likeness (QED) is 0.239. The fourth-order valence-electron chi connectivity index (χ4n) is 3.29. The Hall–Kier alpha value is -2.16. The number of unbranched alkanes of at least 4 members (excludes halogenated alkanes) is 8. The molecule has 0 radical (unpaired) electrons. The number of azo groups is 1. The zero-order chi connectivity index (χ0) is 19.9. The second-order valence-corrected chi connectivity index (χ2v) is 7.33. The molecule has 0 amide bonds. The molecule has 0 fully saturated rings. The highest BCUT2D eigenvalue weighted by Crippen LogP contribution is 2.33. The average Bonchev–Trinajstić information content (AvgIpc) is 2.74. The minimum atomic E-state index is 0.751. The topological polar surface area (TPSA) is 34.0 Å². The van der Waals surface area contributed by atoms with Crippen molar-refractivity contribution in [1.82, 2.24) is 0 Å². The van der Waals surface area contributed by atoms with Crippen LogP contribution in [0.3, 0.4) is 0 Å². The molecule has 0 unspecified atom stereocenters. The summed E-state index contributed by atoms with van der Waals surface area (Å²) in [5.74, 6) is 0.893. The van der Waals surface area contributed by atoms with E-state index in [0.29, 0.717) is 0 Å². The lowest BCUT2D eigenvalue weighted by atomic mass is 10.1. The molecule has 3 heteroatoms. The van der Waals surface area contributed by atoms with Gasteiger partial charge in [-0.15, -0.1) is 5.11 Å². The summed E-state index contributed by atoms with van der Waals surface area (Å²) in [5, 5.41) is 8.81. The number of benzene rings is 2. The molecule has 152 valence electrons. The molecule has 0 saturated heterocycles. The van der Waals surface area contributed by atoms with E-state index in [1.165, 1.54) is 56.9 Å². The molecule has 0 bridgehead atoms. The molecule has 0 atom stereocenters. The van der Waals surface area contributed by atoms with Crippen molar-refractivity contribution in [2.45, 2.75) is 78.1 Å². The summed E-state index contributed by atoms with van der Waals surface area (Å²) in [6.07, 6.45) is 12.8. The Kier molecular flexibility index (Phi) is 11.0. The minimum absolute atomic E-state index is 0.751. The predicted octanol–water partition coefficient (Wildman–Crippen LogP) is 8.57. The molecule has 28 heavy (non-hydrogen) atoms. The number of hydrogen-bond acceptors (Lipinski definition) is 3. The van der Waals surface area contributed by atoms with Crippen molar-refractivity contribution >= 4 is 11.4 Å². The third-order valence-electron chi connectivity index (χ3n) is 4.98. The van der Waals surface area contributed by atoms with Crippen LogP contribution in [0.5, 0.6) is 5.75 Å². The van der Waals surface area contributed by atoms with E-state index in [1.54, 1.807) is 0 Å². The second kappa shape index (κ2) is 13.9. The van der Waals surface area contributed by atoms with Crippen LogP contribution in [-0.2, 0) is 6.42 Å². The fourth-order valence-corrected chi connectivity index (χ4v) is 3.29. The van der Waals surface area contributed by atoms with E-state index < -0.39 is 0 Å². The number of ether oxygens (including phenoxy) is 1. The molecule has 0 spiro atoms. The molecule has 0 aromatic heterocycles. The molecule has 0 N–H and O–H groups in total. The van der Waals surface area contributed by atoms with Gasteiger partial charge in [-0.25, -0.2) is 0 Å². The monoisotopic (exact) mass is 380 g/mol. The summed E-state index contributed by atoms with van der Waals surface area (Å²) in [6.45, 7) is 5.17. The SMILES string of the molecule is CCCCCCCCCCCOc1c(CC)cccc1N=Nc1ccccc1. The van der Waals surface area contributed by atoms with Crippen LogP contribution in [0.25, 0.3) is 0 Å². The molecular weight excluding hydrogens is 344 g/mol. The highest BCUT2D eigenvalue weighted by Gasteiger charge is 2.08. The van der Waals surface area contributed by atoms with Crippen molar-refractivity contribution in [1.29, 1.82) is 0 Å². The number of nitrogens with zero attached hydrogens (tertiary/aromatic N) is 2. The van der Waals surface area contributed by atoms with Gasteiger partial charge in [-0.3, -0.25) is 0 Å². The van der Waals surface area contributed by atoms with Crippen LogP contribution >= 0.6 is 0 Å². The normalized spacial score (nSPS) is 11.2. The summed E-state index contributed by atoms with van der Waals surface area (Å²) in [5.41, 5.74) is 2.87. The van der Waals surface area contributed by atoms with Crippen LogP contribution < -0.4 is 4.74 Å². The van der Waals surface area contributed by atoms with Crippen LogP contribution in [0.4, 0.5) is 11.4 Å². The van der Waals surface area contributed by atoms with Crippen LogP contribution in [-0.4, -0.2) is 6.61 Å². The lowest BCUT2D eigenvalue weighted by Crippen LogP contribution is -2.00. The van der Waals surface area contributed by atoms with Crippen LogP contribution in [0.2, 0.25) is 0 Å². The van der Waals surface area contributed by atoms with Gasteiger partial charge in [0.2, 0.25) is 0 Å². The molecule has 2 rings (SSSR count). The Bertz CT molecular complexity index is 682. The standard InChI is InChI=1S/C25H36N2O/c1-3-5-6-7-8-9-10-11-15-21-28-25-22(4-2)17-16-20-24(25)27-26-23-18-13-12-14-19-23/h12-14,16-20H,3-11,15,21H2,1-2H3. The summed E-state index contributed by atoms with van der Waals surface area (Å²) in [4.78, 5) is 0. The lowest BCUT2D eigenvalue weighted by molar-refractivity contribution is 0.302. The smallest absolute Gasteiger partial charge is 0.149 e. The zero-order valence-electron chi connectivity index (χ0n) is 17.7. The first kappa shape index (κ1) is 22.1. The Balaban J connectivity index is 1.79. The van der Waals surface area contributed by atoms with E-state index >= 15 is 0 Å². The Labute approximate surface area is 171 Å². The molecule has 3 nitrogen and oxygen atoms in total. The number of aryl methyl sites for hydroxylation is 1. The summed E-state index contributed by atoms with van der Waals surface area (Å²) < 4.78 is 6.15. The predicted molar refractivity (Wildman–Crippen MR) is 119 cm³/mol. The molecule has 0 aliphatic carbocycles. The van der Waals surface area contributed by atoms with Gasteiger partial charge in [-0.1, -0.05) is 95.5 Å². The van der Waals surface area contributed by atoms with Gasteiger partial charge in [0.1, 0.15) is 11.4 Å². The first-order chi connectivity index (χ1) is 13.8. The van der Waals surface area contributed by atoms with Crippen molar-refractivity contribution in [3.8, 4) is 5.75 Å². The largest absolute Gasteiger partial charge is 0.491 e. The Morgan fingerprint density at radius 2 is 1.36 bits per heavy atom. The van der Waals surface area contributed by atoms with E-state index in [9.17, 15) is 0 Å². The number of para-hydroxylation sites is 1. The van der Waals surface area contributed by atoms with Gasteiger partial charge in [0.15, 0.2) is 0 Å². The van der Waals surface area contributed by atoms with E-state index in [1.807, 2.05) is 42.5 Å². The molecule has 2 aromatic rings. The molecule has 2 aromatic carbocycles. The number of rotatable bonds is 14. The second-order valence-electron chi connectivity index (χ2n) is 7.33. The molecule has 0 aliphatic rings. The summed E-state index contributed by atoms with van der Waals surface area (Å²) >= 11 is 0. The maximum absolute atomic E-state index is 6.15. The van der Waals surface area contributed by atoms with Gasteiger partial charge in [0, 0.05) is 0 Å². The summed E-state index contributed by atoms with van der Waals surface area (Å²) in [7, 11) is 0. The van der Waals surface area contributed by atoms with Gasteiger partial charge in [-0.05, 0) is 36.6 Å². The van der Waals surface area contributed by atoms with Gasteiger partial charge < -0.3 is 4.74 Å². The van der Waals surface area contributed by atoms with Gasteiger partial charge >= 0.3 is 0 Å². The molecule has 0 aliphatic heterocycles. The van der Waals surface area contributed by atoms with Crippen LogP contribution in [0.15, 0.2) is 58.8 Å². The van der Waals surface area contributed by atoms with Crippen molar-refractivity contribution < 1.29 is 4.74 Å². The summed E-state index contributed by atoms with van der Waals surface area (Å²) in [6, 6.07) is 16.0. The van der Waals surface area contributed by atoms with E-state index in [2.05, 4.69) is 30.1 Å². The maximum atomic E-state index is 6.15. The zero-order valence-corrected chi connectivity index (χ0v) is 17.7. The van der Waals surface area contributed by atoms with Crippen LogP contribution in [0.1, 0.15) is 77.2 Å². The maximum Gasteiger partial charge on any atom is 0.149 e. The number of hydrogen-bond donors (Lipinski definition) is 0. The first-order valence-corrected chi connectivity index (χ1v) is 11.1.